The average Bonchev–Trinajstić information content (AvgIpc) is 3.23. The molecular formula is C51H56O10. The fraction of sp³-hybridized carbons (Fsp3) is 0.392. The summed E-state index contributed by atoms with van der Waals surface area (Å²) in [7, 11) is 0. The number of aliphatic hydroxyl groups is 2. The molecule has 0 radical (unpaired) electrons. The first-order chi connectivity index (χ1) is 29.4. The van der Waals surface area contributed by atoms with Crippen molar-refractivity contribution in [2.24, 2.45) is 5.92 Å². The molecule has 10 nitrogen and oxygen atoms in total. The van der Waals surface area contributed by atoms with Crippen molar-refractivity contribution >= 4 is 22.9 Å². The molecule has 61 heavy (non-hydrogen) atoms. The molecule has 320 valence electrons. The summed E-state index contributed by atoms with van der Waals surface area (Å²) in [5, 5.41) is 19.6. The minimum atomic E-state index is -1.20. The summed E-state index contributed by atoms with van der Waals surface area (Å²) in [6.45, 7) is 6.56. The van der Waals surface area contributed by atoms with E-state index < -0.39 is 48.1 Å². The molecule has 4 atom stereocenters. The van der Waals surface area contributed by atoms with Gasteiger partial charge in [-0.15, -0.1) is 0 Å². The average molecular weight is 829 g/mol. The van der Waals surface area contributed by atoms with E-state index in [4.69, 9.17) is 23.4 Å². The highest BCUT2D eigenvalue weighted by Gasteiger charge is 2.50. The van der Waals surface area contributed by atoms with Gasteiger partial charge in [0.2, 0.25) is 0 Å². The van der Waals surface area contributed by atoms with Gasteiger partial charge in [-0.3, -0.25) is 4.79 Å². The predicted octanol–water partition coefficient (Wildman–Crippen LogP) is 8.65. The van der Waals surface area contributed by atoms with E-state index >= 15 is 0 Å². The van der Waals surface area contributed by atoms with Gasteiger partial charge in [-0.05, 0) is 125 Å². The quantitative estimate of drug-likeness (QED) is 0.0575. The van der Waals surface area contributed by atoms with E-state index in [-0.39, 0.29) is 43.1 Å². The maximum atomic E-state index is 14.5. The molecule has 0 saturated heterocycles. The molecule has 4 aromatic carbocycles. The van der Waals surface area contributed by atoms with Crippen LogP contribution in [0.5, 0.6) is 5.75 Å². The Hall–Kier alpha value is -5.55. The summed E-state index contributed by atoms with van der Waals surface area (Å²) >= 11 is 0. The van der Waals surface area contributed by atoms with Crippen molar-refractivity contribution in [2.75, 3.05) is 20.0 Å². The SMILES string of the molecule is CC(C)=C1CCc2ccc(cc2)CC(CCc2cccc(Cc3ccccc3)c2)CC(=O)OC2c3c(ccc4cc(C(CCO)COCO)c(=O)oc34)OC(C)(C)C2OC1=O. The molecule has 4 heterocycles. The number of aliphatic hydroxyl groups excluding tert-OH is 2. The summed E-state index contributed by atoms with van der Waals surface area (Å²) in [5.74, 6) is -1.34. The minimum absolute atomic E-state index is 0.00913. The topological polar surface area (TPSA) is 142 Å². The van der Waals surface area contributed by atoms with Crippen LogP contribution >= 0.6 is 0 Å². The Morgan fingerprint density at radius 2 is 1.56 bits per heavy atom. The Balaban J connectivity index is 1.26. The van der Waals surface area contributed by atoms with E-state index in [1.165, 1.54) is 16.7 Å². The standard InChI is InChI=1S/C51H56O10/c1-32(2)41-21-19-33-13-15-36(16-14-33)27-38(18-17-35-11-8-12-37(26-35)25-34-9-6-5-7-10-34)28-44(54)58-47-45-43(61-51(3,4)48(47)60-49(41)55)22-20-39-29-42(50(56)59-46(39)45)40(23-24-52)30-57-31-53/h5-16,20,22,26,29,38,40,47-48,52-53H,17-19,21,23-25,27-28,30-31H2,1-4H3. The lowest BCUT2D eigenvalue weighted by molar-refractivity contribution is -0.188. The van der Waals surface area contributed by atoms with Crippen molar-refractivity contribution in [2.45, 2.75) is 103 Å². The number of rotatable bonds is 11. The lowest BCUT2D eigenvalue weighted by Gasteiger charge is -2.43. The maximum absolute atomic E-state index is 14.5. The van der Waals surface area contributed by atoms with E-state index in [0.717, 1.165) is 36.0 Å². The number of carbonyl (C=O) groups is 2. The number of esters is 2. The Kier molecular flexibility index (Phi) is 13.9. The second kappa shape index (κ2) is 19.4. The highest BCUT2D eigenvalue weighted by Crippen LogP contribution is 2.47. The normalized spacial score (nSPS) is 19.6. The van der Waals surface area contributed by atoms with Crippen LogP contribution in [0, 0.1) is 5.92 Å². The number of ether oxygens (including phenoxy) is 4. The fourth-order valence-electron chi connectivity index (χ4n) is 8.69. The molecule has 8 rings (SSSR count). The molecule has 0 saturated carbocycles. The Morgan fingerprint density at radius 3 is 2.30 bits per heavy atom. The largest absolute Gasteiger partial charge is 0.483 e. The summed E-state index contributed by atoms with van der Waals surface area (Å²) in [6.07, 6.45) is 2.01. The number of benzene rings is 4. The molecule has 0 spiro atoms. The van der Waals surface area contributed by atoms with Gasteiger partial charge in [0.25, 0.3) is 0 Å². The van der Waals surface area contributed by atoms with Crippen LogP contribution in [0.3, 0.4) is 0 Å². The van der Waals surface area contributed by atoms with Gasteiger partial charge in [-0.25, -0.2) is 9.59 Å². The minimum Gasteiger partial charge on any atom is -0.483 e. The molecule has 5 aromatic rings. The van der Waals surface area contributed by atoms with Crippen LogP contribution in [0.25, 0.3) is 11.0 Å². The Labute approximate surface area is 357 Å². The van der Waals surface area contributed by atoms with Crippen molar-refractivity contribution < 1.29 is 43.2 Å². The molecule has 2 N–H and O–H groups in total. The van der Waals surface area contributed by atoms with Crippen LogP contribution in [0.4, 0.5) is 0 Å². The van der Waals surface area contributed by atoms with Crippen molar-refractivity contribution in [1.82, 2.24) is 0 Å². The van der Waals surface area contributed by atoms with E-state index in [2.05, 4.69) is 72.8 Å². The second-order valence-electron chi connectivity index (χ2n) is 17.1. The zero-order chi connectivity index (χ0) is 43.1. The number of hydrogen-bond donors (Lipinski definition) is 2. The van der Waals surface area contributed by atoms with Crippen molar-refractivity contribution in [3.05, 3.63) is 158 Å². The van der Waals surface area contributed by atoms with Gasteiger partial charge in [0.05, 0.1) is 12.2 Å². The van der Waals surface area contributed by atoms with Crippen molar-refractivity contribution in [1.29, 1.82) is 0 Å². The highest BCUT2D eigenvalue weighted by atomic mass is 16.6. The number of allylic oxidation sites excluding steroid dienone is 1. The summed E-state index contributed by atoms with van der Waals surface area (Å²) < 4.78 is 30.7. The Morgan fingerprint density at radius 1 is 0.820 bits per heavy atom. The van der Waals surface area contributed by atoms with Gasteiger partial charge in [-0.1, -0.05) is 84.4 Å². The van der Waals surface area contributed by atoms with Crippen molar-refractivity contribution in [3.8, 4) is 5.75 Å². The van der Waals surface area contributed by atoms with Crippen LogP contribution in [0.1, 0.15) is 104 Å². The number of fused-ring (bicyclic) bond motifs is 13. The molecule has 10 heteroatoms. The van der Waals surface area contributed by atoms with Crippen LogP contribution in [-0.4, -0.2) is 53.9 Å². The lowest BCUT2D eigenvalue weighted by atomic mass is 9.86. The van der Waals surface area contributed by atoms with Gasteiger partial charge in [0.15, 0.2) is 12.2 Å². The smallest absolute Gasteiger partial charge is 0.339 e. The first-order valence-electron chi connectivity index (χ1n) is 21.3. The summed E-state index contributed by atoms with van der Waals surface area (Å²) in [4.78, 5) is 42.5. The van der Waals surface area contributed by atoms with E-state index in [1.54, 1.807) is 32.0 Å². The number of carbonyl (C=O) groups excluding carboxylic acids is 2. The zero-order valence-corrected chi connectivity index (χ0v) is 35.5. The predicted molar refractivity (Wildman–Crippen MR) is 232 cm³/mol. The first kappa shape index (κ1) is 43.5. The molecule has 3 aliphatic rings. The van der Waals surface area contributed by atoms with Gasteiger partial charge >= 0.3 is 17.6 Å². The van der Waals surface area contributed by atoms with E-state index in [0.29, 0.717) is 41.5 Å². The van der Waals surface area contributed by atoms with Crippen LogP contribution in [-0.2, 0) is 49.5 Å². The molecule has 4 unspecified atom stereocenters. The zero-order valence-electron chi connectivity index (χ0n) is 35.5. The third-order valence-corrected chi connectivity index (χ3v) is 12.0. The summed E-state index contributed by atoms with van der Waals surface area (Å²) in [6, 6.07) is 32.5. The lowest BCUT2D eigenvalue weighted by Crippen LogP contribution is -2.52. The fourth-order valence-corrected chi connectivity index (χ4v) is 8.69. The monoisotopic (exact) mass is 828 g/mol. The third-order valence-electron chi connectivity index (χ3n) is 12.0. The van der Waals surface area contributed by atoms with Gasteiger partial charge in [-0.2, -0.15) is 0 Å². The van der Waals surface area contributed by atoms with Gasteiger partial charge in [0.1, 0.15) is 23.7 Å². The van der Waals surface area contributed by atoms with E-state index in [9.17, 15) is 24.6 Å². The molecular weight excluding hydrogens is 773 g/mol. The number of aryl methyl sites for hydroxylation is 2. The van der Waals surface area contributed by atoms with Crippen LogP contribution in [0.2, 0.25) is 0 Å². The molecule has 1 aromatic heterocycles. The van der Waals surface area contributed by atoms with Crippen LogP contribution < -0.4 is 10.4 Å². The van der Waals surface area contributed by atoms with Gasteiger partial charge < -0.3 is 33.6 Å². The molecule has 2 bridgehead atoms. The van der Waals surface area contributed by atoms with Crippen molar-refractivity contribution in [3.63, 3.8) is 0 Å². The third kappa shape index (κ3) is 10.5. The summed E-state index contributed by atoms with van der Waals surface area (Å²) in [5.41, 5.74) is 6.02. The van der Waals surface area contributed by atoms with Crippen LogP contribution in [0.15, 0.2) is 117 Å². The number of hydrogen-bond acceptors (Lipinski definition) is 10. The second-order valence-corrected chi connectivity index (χ2v) is 17.1. The Bertz CT molecular complexity index is 2410. The molecule has 0 aliphatic carbocycles. The molecule has 3 aliphatic heterocycles. The molecule has 0 fully saturated rings. The molecule has 0 amide bonds. The maximum Gasteiger partial charge on any atom is 0.339 e. The first-order valence-corrected chi connectivity index (χ1v) is 21.3. The van der Waals surface area contributed by atoms with E-state index in [1.807, 2.05) is 19.9 Å². The van der Waals surface area contributed by atoms with Gasteiger partial charge in [0, 0.05) is 35.5 Å². The highest BCUT2D eigenvalue weighted by molar-refractivity contribution is 5.90.